The average Bonchev–Trinajstić information content (AvgIpc) is 3.03. The highest BCUT2D eigenvalue weighted by Gasteiger charge is 2.27. The summed E-state index contributed by atoms with van der Waals surface area (Å²) in [7, 11) is 1.56. The number of ether oxygens (including phenoxy) is 2. The molecule has 0 radical (unpaired) electrons. The number of halogens is 1. The van der Waals surface area contributed by atoms with Crippen LogP contribution in [0.4, 0.5) is 15.1 Å². The van der Waals surface area contributed by atoms with Crippen molar-refractivity contribution in [2.45, 2.75) is 20.8 Å². The molecule has 2 rings (SSSR count). The Morgan fingerprint density at radius 2 is 1.61 bits per heavy atom. The number of rotatable bonds is 10. The molecule has 2 N–H and O–H groups in total. The van der Waals surface area contributed by atoms with Gasteiger partial charge >= 0.3 is 11.9 Å². The number of thiophene rings is 1. The zero-order chi connectivity index (χ0) is 24.5. The van der Waals surface area contributed by atoms with Gasteiger partial charge in [-0.2, -0.15) is 0 Å². The molecule has 1 heterocycles. The minimum Gasteiger partial charge on any atom is -0.462 e. The molecule has 0 aliphatic heterocycles. The number of nitrogens with zero attached hydrogens (tertiary/aromatic N) is 1. The highest BCUT2D eigenvalue weighted by Crippen LogP contribution is 2.34. The molecule has 1 aromatic carbocycles. The fourth-order valence-corrected chi connectivity index (χ4v) is 4.03. The van der Waals surface area contributed by atoms with E-state index in [9.17, 15) is 23.6 Å². The van der Waals surface area contributed by atoms with Gasteiger partial charge in [0.1, 0.15) is 15.7 Å². The third-order valence-electron chi connectivity index (χ3n) is 4.28. The van der Waals surface area contributed by atoms with Crippen LogP contribution in [0.5, 0.6) is 0 Å². The molecule has 2 aromatic rings. The predicted molar refractivity (Wildman–Crippen MR) is 122 cm³/mol. The fraction of sp³-hybridized carbons (Fsp3) is 0.364. The van der Waals surface area contributed by atoms with Crippen molar-refractivity contribution in [3.05, 3.63) is 46.1 Å². The Kier molecular flexibility index (Phi) is 9.49. The largest absolute Gasteiger partial charge is 0.462 e. The summed E-state index contributed by atoms with van der Waals surface area (Å²) in [6, 6.07) is 5.46. The van der Waals surface area contributed by atoms with Crippen LogP contribution in [0.25, 0.3) is 0 Å². The van der Waals surface area contributed by atoms with Crippen molar-refractivity contribution in [3.63, 3.8) is 0 Å². The second-order valence-corrected chi connectivity index (χ2v) is 8.00. The normalized spacial score (nSPS) is 10.6. The van der Waals surface area contributed by atoms with E-state index in [1.165, 1.54) is 23.1 Å². The first kappa shape index (κ1) is 25.9. The van der Waals surface area contributed by atoms with Gasteiger partial charge in [0.2, 0.25) is 11.8 Å². The summed E-state index contributed by atoms with van der Waals surface area (Å²) in [6.45, 7) is 4.86. The molecule has 0 fully saturated rings. The average molecular weight is 480 g/mol. The van der Waals surface area contributed by atoms with E-state index in [0.717, 1.165) is 11.3 Å². The van der Waals surface area contributed by atoms with Crippen LogP contribution in [0.1, 0.15) is 39.4 Å². The van der Waals surface area contributed by atoms with Gasteiger partial charge in [-0.05, 0) is 51.6 Å². The number of esters is 2. The number of hydrogen-bond donors (Lipinski definition) is 2. The summed E-state index contributed by atoms with van der Waals surface area (Å²) in [4.78, 5) is 51.0. The lowest BCUT2D eigenvalue weighted by atomic mass is 10.1. The van der Waals surface area contributed by atoms with E-state index in [-0.39, 0.29) is 41.7 Å². The maximum atomic E-state index is 13.2. The van der Waals surface area contributed by atoms with Crippen LogP contribution >= 0.6 is 11.3 Å². The van der Waals surface area contributed by atoms with Gasteiger partial charge in [-0.15, -0.1) is 11.3 Å². The summed E-state index contributed by atoms with van der Waals surface area (Å²) in [5.74, 6) is -2.68. The van der Waals surface area contributed by atoms with Gasteiger partial charge in [-0.3, -0.25) is 14.5 Å². The Labute approximate surface area is 194 Å². The minimum atomic E-state index is -0.667. The highest BCUT2D eigenvalue weighted by molar-refractivity contribution is 7.18. The fourth-order valence-electron chi connectivity index (χ4n) is 2.92. The number of anilines is 2. The number of benzene rings is 1. The van der Waals surface area contributed by atoms with Crippen molar-refractivity contribution in [1.29, 1.82) is 0 Å². The molecule has 11 heteroatoms. The maximum absolute atomic E-state index is 13.2. The molecule has 0 spiro atoms. The number of nitrogens with one attached hydrogen (secondary N) is 2. The number of likely N-dealkylation sites (N-methyl/N-ethyl adjacent to an activating group) is 1. The first-order chi connectivity index (χ1) is 15.7. The topological polar surface area (TPSA) is 114 Å². The zero-order valence-corrected chi connectivity index (χ0v) is 19.6. The predicted octanol–water partition coefficient (Wildman–Crippen LogP) is 3.06. The van der Waals surface area contributed by atoms with Crippen molar-refractivity contribution >= 4 is 45.8 Å². The number of amides is 2. The number of hydrogen-bond acceptors (Lipinski definition) is 8. The van der Waals surface area contributed by atoms with Crippen molar-refractivity contribution < 1.29 is 33.0 Å². The van der Waals surface area contributed by atoms with Crippen LogP contribution in [0.2, 0.25) is 0 Å². The maximum Gasteiger partial charge on any atom is 0.348 e. The molecule has 0 saturated heterocycles. The third-order valence-corrected chi connectivity index (χ3v) is 5.46. The Morgan fingerprint density at radius 1 is 1.00 bits per heavy atom. The highest BCUT2D eigenvalue weighted by atomic mass is 32.1. The van der Waals surface area contributed by atoms with Gasteiger partial charge in [0.15, 0.2) is 0 Å². The first-order valence-corrected chi connectivity index (χ1v) is 11.0. The quantitative estimate of drug-likeness (QED) is 0.504. The van der Waals surface area contributed by atoms with Crippen LogP contribution in [0.3, 0.4) is 0 Å². The Balaban J connectivity index is 2.06. The summed E-state index contributed by atoms with van der Waals surface area (Å²) in [6.07, 6.45) is 0. The molecule has 1 aromatic heterocycles. The van der Waals surface area contributed by atoms with E-state index in [1.807, 2.05) is 0 Å². The summed E-state index contributed by atoms with van der Waals surface area (Å²) >= 11 is 0.920. The second-order valence-electron chi connectivity index (χ2n) is 6.98. The van der Waals surface area contributed by atoms with Crippen molar-refractivity contribution in [2.75, 3.05) is 44.0 Å². The van der Waals surface area contributed by atoms with Gasteiger partial charge in [0, 0.05) is 5.69 Å². The van der Waals surface area contributed by atoms with Crippen molar-refractivity contribution in [2.24, 2.45) is 0 Å². The molecule has 33 heavy (non-hydrogen) atoms. The van der Waals surface area contributed by atoms with E-state index >= 15 is 0 Å². The molecular formula is C22H26FN3O6S. The molecule has 0 aliphatic rings. The summed E-state index contributed by atoms with van der Waals surface area (Å²) in [5.41, 5.74) is 0.747. The lowest BCUT2D eigenvalue weighted by molar-refractivity contribution is -0.119. The first-order valence-electron chi connectivity index (χ1n) is 10.2. The Bertz CT molecular complexity index is 1040. The molecule has 178 valence electrons. The van der Waals surface area contributed by atoms with E-state index in [1.54, 1.807) is 33.9 Å². The van der Waals surface area contributed by atoms with Crippen LogP contribution in [-0.4, -0.2) is 62.0 Å². The third kappa shape index (κ3) is 7.36. The van der Waals surface area contributed by atoms with Crippen LogP contribution < -0.4 is 10.6 Å². The zero-order valence-electron chi connectivity index (χ0n) is 18.8. The van der Waals surface area contributed by atoms with Gasteiger partial charge in [0.05, 0.1) is 31.9 Å². The summed E-state index contributed by atoms with van der Waals surface area (Å²) < 4.78 is 23.3. The molecular weight excluding hydrogens is 453 g/mol. The van der Waals surface area contributed by atoms with E-state index in [0.29, 0.717) is 11.3 Å². The lowest BCUT2D eigenvalue weighted by Gasteiger charge is -2.16. The van der Waals surface area contributed by atoms with Crippen LogP contribution in [-0.2, 0) is 19.1 Å². The van der Waals surface area contributed by atoms with Gasteiger partial charge in [-0.1, -0.05) is 6.07 Å². The standard InChI is InChI=1S/C22H26FN3O6S/c1-5-31-21(29)18-13(3)19(22(30)32-6-2)33-20(18)25-17(28)12-26(4)11-16(27)24-15-9-7-8-14(23)10-15/h7-10H,5-6,11-12H2,1-4H3,(H,24,27)(H,25,28). The van der Waals surface area contributed by atoms with E-state index in [4.69, 9.17) is 9.47 Å². The monoisotopic (exact) mass is 479 g/mol. The van der Waals surface area contributed by atoms with Crippen LogP contribution in [0, 0.1) is 12.7 Å². The number of carbonyl (C=O) groups excluding carboxylic acids is 4. The molecule has 9 nitrogen and oxygen atoms in total. The second kappa shape index (κ2) is 12.1. The molecule has 0 aliphatic carbocycles. The molecule has 0 unspecified atom stereocenters. The Morgan fingerprint density at radius 3 is 2.21 bits per heavy atom. The number of carbonyl (C=O) groups is 4. The Hall–Kier alpha value is -3.31. The van der Waals surface area contributed by atoms with E-state index in [2.05, 4.69) is 10.6 Å². The van der Waals surface area contributed by atoms with E-state index < -0.39 is 29.6 Å². The molecule has 2 amide bonds. The van der Waals surface area contributed by atoms with Crippen molar-refractivity contribution in [1.82, 2.24) is 4.90 Å². The molecule has 0 saturated carbocycles. The van der Waals surface area contributed by atoms with Gasteiger partial charge in [-0.25, -0.2) is 14.0 Å². The van der Waals surface area contributed by atoms with Gasteiger partial charge < -0.3 is 20.1 Å². The molecule has 0 bridgehead atoms. The van der Waals surface area contributed by atoms with Crippen LogP contribution in [0.15, 0.2) is 24.3 Å². The smallest absolute Gasteiger partial charge is 0.348 e. The van der Waals surface area contributed by atoms with Gasteiger partial charge in [0.25, 0.3) is 0 Å². The lowest BCUT2D eigenvalue weighted by Crippen LogP contribution is -2.36. The minimum absolute atomic E-state index is 0.0877. The molecule has 0 atom stereocenters. The summed E-state index contributed by atoms with van der Waals surface area (Å²) in [5, 5.41) is 5.33. The van der Waals surface area contributed by atoms with Crippen molar-refractivity contribution in [3.8, 4) is 0 Å². The SMILES string of the molecule is CCOC(=O)c1sc(NC(=O)CN(C)CC(=O)Nc2cccc(F)c2)c(C(=O)OCC)c1C.